The lowest BCUT2D eigenvalue weighted by atomic mass is 10.0. The summed E-state index contributed by atoms with van der Waals surface area (Å²) in [4.78, 5) is 11.1. The van der Waals surface area contributed by atoms with Gasteiger partial charge in [-0.05, 0) is 6.07 Å². The molecule has 6 nitrogen and oxygen atoms in total. The number of hydrogen-bond donors (Lipinski definition) is 3. The standard InChI is InChI=1S/C12H16N2O4/c1-7-10(16)9(6-15)18-12(7)14-4-2-3-8(5-14)11(13)17/h2-5,7,9-10,12,15-16H,6H2,1H3,(H-,13,17)/p+1. The lowest BCUT2D eigenvalue weighted by Gasteiger charge is -2.10. The van der Waals surface area contributed by atoms with Crippen molar-refractivity contribution in [1.82, 2.24) is 0 Å². The van der Waals surface area contributed by atoms with Gasteiger partial charge in [0.15, 0.2) is 12.4 Å². The number of nitrogens with two attached hydrogens (primary N) is 1. The first-order valence-electron chi connectivity index (χ1n) is 5.79. The summed E-state index contributed by atoms with van der Waals surface area (Å²) in [5.41, 5.74) is 5.58. The van der Waals surface area contributed by atoms with Crippen LogP contribution in [-0.4, -0.2) is 34.9 Å². The molecule has 1 aliphatic heterocycles. The quantitative estimate of drug-likeness (QED) is 0.599. The van der Waals surface area contributed by atoms with E-state index in [0.29, 0.717) is 5.56 Å². The van der Waals surface area contributed by atoms with Crippen LogP contribution >= 0.6 is 0 Å². The first-order valence-corrected chi connectivity index (χ1v) is 5.79. The van der Waals surface area contributed by atoms with Crippen molar-refractivity contribution >= 4 is 5.91 Å². The molecule has 1 saturated heterocycles. The zero-order valence-electron chi connectivity index (χ0n) is 10.1. The molecule has 1 aliphatic rings. The third kappa shape index (κ3) is 2.22. The predicted molar refractivity (Wildman–Crippen MR) is 61.3 cm³/mol. The zero-order chi connectivity index (χ0) is 13.3. The maximum atomic E-state index is 11.1. The van der Waals surface area contributed by atoms with Crippen LogP contribution in [0.15, 0.2) is 24.5 Å². The second-order valence-corrected chi connectivity index (χ2v) is 4.50. The highest BCUT2D eigenvalue weighted by molar-refractivity contribution is 5.92. The van der Waals surface area contributed by atoms with Gasteiger partial charge >= 0.3 is 0 Å². The van der Waals surface area contributed by atoms with Crippen molar-refractivity contribution in [1.29, 1.82) is 0 Å². The van der Waals surface area contributed by atoms with Gasteiger partial charge in [-0.3, -0.25) is 4.79 Å². The molecule has 1 aromatic rings. The van der Waals surface area contributed by atoms with Crippen LogP contribution in [0.3, 0.4) is 0 Å². The second kappa shape index (κ2) is 5.01. The lowest BCUT2D eigenvalue weighted by molar-refractivity contribution is -0.765. The summed E-state index contributed by atoms with van der Waals surface area (Å²) in [6.07, 6.45) is 1.56. The van der Waals surface area contributed by atoms with E-state index in [1.165, 1.54) is 0 Å². The summed E-state index contributed by atoms with van der Waals surface area (Å²) in [5.74, 6) is -0.704. The number of amides is 1. The smallest absolute Gasteiger partial charge is 0.268 e. The highest BCUT2D eigenvalue weighted by Crippen LogP contribution is 2.30. The number of aromatic nitrogens is 1. The Morgan fingerprint density at radius 2 is 2.33 bits per heavy atom. The Morgan fingerprint density at radius 3 is 2.89 bits per heavy atom. The fourth-order valence-electron chi connectivity index (χ4n) is 2.18. The lowest BCUT2D eigenvalue weighted by Crippen LogP contribution is -2.43. The van der Waals surface area contributed by atoms with Crippen molar-refractivity contribution in [2.45, 2.75) is 25.4 Å². The number of carbonyl (C=O) groups excluding carboxylic acids is 1. The summed E-state index contributed by atoms with van der Waals surface area (Å²) >= 11 is 0. The molecule has 1 amide bonds. The van der Waals surface area contributed by atoms with E-state index in [-0.39, 0.29) is 12.5 Å². The van der Waals surface area contributed by atoms with Gasteiger partial charge in [-0.15, -0.1) is 0 Å². The molecule has 4 N–H and O–H groups in total. The third-order valence-electron chi connectivity index (χ3n) is 3.26. The number of pyridine rings is 1. The van der Waals surface area contributed by atoms with E-state index in [2.05, 4.69) is 0 Å². The number of nitrogens with zero attached hydrogens (tertiary/aromatic N) is 1. The number of aliphatic hydroxyl groups excluding tert-OH is 2. The van der Waals surface area contributed by atoms with Gasteiger partial charge < -0.3 is 20.7 Å². The van der Waals surface area contributed by atoms with E-state index >= 15 is 0 Å². The molecule has 4 unspecified atom stereocenters. The summed E-state index contributed by atoms with van der Waals surface area (Å²) in [6.45, 7) is 1.59. The number of carbonyl (C=O) groups is 1. The molecule has 0 spiro atoms. The average molecular weight is 253 g/mol. The van der Waals surface area contributed by atoms with E-state index in [0.717, 1.165) is 0 Å². The summed E-state index contributed by atoms with van der Waals surface area (Å²) in [7, 11) is 0. The van der Waals surface area contributed by atoms with Gasteiger partial charge in [0.1, 0.15) is 11.7 Å². The van der Waals surface area contributed by atoms with E-state index in [4.69, 9.17) is 15.6 Å². The van der Waals surface area contributed by atoms with E-state index in [1.54, 1.807) is 29.1 Å². The van der Waals surface area contributed by atoms with Crippen LogP contribution in [-0.2, 0) is 4.74 Å². The molecule has 2 rings (SSSR count). The Balaban J connectivity index is 2.27. The molecule has 1 fully saturated rings. The maximum absolute atomic E-state index is 11.1. The maximum Gasteiger partial charge on any atom is 0.268 e. The van der Waals surface area contributed by atoms with E-state index in [1.807, 2.05) is 6.92 Å². The van der Waals surface area contributed by atoms with Crippen LogP contribution in [0.25, 0.3) is 0 Å². The van der Waals surface area contributed by atoms with Crippen molar-refractivity contribution in [2.75, 3.05) is 6.61 Å². The Labute approximate surface area is 105 Å². The largest absolute Gasteiger partial charge is 0.394 e. The third-order valence-corrected chi connectivity index (χ3v) is 3.26. The topological polar surface area (TPSA) is 96.7 Å². The Bertz CT molecular complexity index is 451. The summed E-state index contributed by atoms with van der Waals surface area (Å²) in [5, 5.41) is 19.0. The van der Waals surface area contributed by atoms with E-state index in [9.17, 15) is 9.90 Å². The van der Waals surface area contributed by atoms with Gasteiger partial charge in [-0.2, -0.15) is 4.57 Å². The van der Waals surface area contributed by atoms with Gasteiger partial charge in [-0.25, -0.2) is 0 Å². The van der Waals surface area contributed by atoms with Crippen LogP contribution in [0.4, 0.5) is 0 Å². The van der Waals surface area contributed by atoms with Gasteiger partial charge in [0, 0.05) is 6.07 Å². The van der Waals surface area contributed by atoms with E-state index < -0.39 is 24.3 Å². The van der Waals surface area contributed by atoms with Gasteiger partial charge in [0.05, 0.1) is 18.6 Å². The molecule has 4 atom stereocenters. The van der Waals surface area contributed by atoms with Crippen molar-refractivity contribution in [3.8, 4) is 0 Å². The number of primary amides is 1. The zero-order valence-corrected chi connectivity index (χ0v) is 10.1. The summed E-state index contributed by atoms with van der Waals surface area (Å²) in [6, 6.07) is 3.30. The first-order chi connectivity index (χ1) is 8.54. The highest BCUT2D eigenvalue weighted by atomic mass is 16.5. The van der Waals surface area contributed by atoms with Crippen LogP contribution in [0.5, 0.6) is 0 Å². The number of aliphatic hydroxyl groups is 2. The van der Waals surface area contributed by atoms with Crippen molar-refractivity contribution in [3.63, 3.8) is 0 Å². The Morgan fingerprint density at radius 1 is 1.61 bits per heavy atom. The molecule has 18 heavy (non-hydrogen) atoms. The average Bonchev–Trinajstić information content (AvgIpc) is 2.66. The van der Waals surface area contributed by atoms with Crippen molar-refractivity contribution in [2.24, 2.45) is 11.7 Å². The van der Waals surface area contributed by atoms with Crippen LogP contribution in [0.1, 0.15) is 23.5 Å². The normalized spacial score (nSPS) is 31.5. The van der Waals surface area contributed by atoms with Gasteiger partial charge in [0.25, 0.3) is 12.1 Å². The Hall–Kier alpha value is -1.50. The van der Waals surface area contributed by atoms with Crippen molar-refractivity contribution in [3.05, 3.63) is 30.1 Å². The molecule has 0 aromatic carbocycles. The number of hydrogen-bond acceptors (Lipinski definition) is 4. The molecule has 98 valence electrons. The molecular formula is C12H17N2O4+. The van der Waals surface area contributed by atoms with Gasteiger partial charge in [-0.1, -0.05) is 6.92 Å². The molecule has 6 heteroatoms. The minimum Gasteiger partial charge on any atom is -0.394 e. The molecule has 0 aliphatic carbocycles. The molecule has 1 aromatic heterocycles. The van der Waals surface area contributed by atoms with Crippen molar-refractivity contribution < 1.29 is 24.3 Å². The molecule has 0 saturated carbocycles. The second-order valence-electron chi connectivity index (χ2n) is 4.50. The molecular weight excluding hydrogens is 236 g/mol. The first kappa shape index (κ1) is 12.9. The summed E-state index contributed by atoms with van der Waals surface area (Å²) < 4.78 is 7.25. The predicted octanol–water partition coefficient (Wildman–Crippen LogP) is -1.04. The Kier molecular flexibility index (Phi) is 3.60. The minimum atomic E-state index is -0.732. The molecule has 0 radical (unpaired) electrons. The SMILES string of the molecule is CC1C(O)C(CO)OC1[n+]1cccc(C(N)=O)c1. The fraction of sp³-hybridized carbons (Fsp3) is 0.500. The number of rotatable bonds is 3. The van der Waals surface area contributed by atoms with Crippen LogP contribution in [0.2, 0.25) is 0 Å². The molecule has 2 heterocycles. The highest BCUT2D eigenvalue weighted by Gasteiger charge is 2.45. The van der Waals surface area contributed by atoms with Crippen LogP contribution < -0.4 is 10.3 Å². The van der Waals surface area contributed by atoms with Crippen LogP contribution in [0, 0.1) is 5.92 Å². The number of ether oxygens (including phenoxy) is 1. The fourth-order valence-corrected chi connectivity index (χ4v) is 2.18. The van der Waals surface area contributed by atoms with Gasteiger partial charge in [0.2, 0.25) is 0 Å². The monoisotopic (exact) mass is 253 g/mol. The minimum absolute atomic E-state index is 0.185. The molecule has 0 bridgehead atoms.